The van der Waals surface area contributed by atoms with Crippen LogP contribution < -0.4 is 5.73 Å². The highest BCUT2D eigenvalue weighted by atomic mass is 16.5. The molecule has 18 heavy (non-hydrogen) atoms. The van der Waals surface area contributed by atoms with Gasteiger partial charge in [-0.25, -0.2) is 0 Å². The van der Waals surface area contributed by atoms with Crippen LogP contribution in [0.15, 0.2) is 0 Å². The van der Waals surface area contributed by atoms with Crippen LogP contribution in [0.3, 0.4) is 0 Å². The van der Waals surface area contributed by atoms with E-state index in [4.69, 9.17) is 10.5 Å². The molecule has 0 unspecified atom stereocenters. The summed E-state index contributed by atoms with van der Waals surface area (Å²) in [5.74, 6) is 0. The van der Waals surface area contributed by atoms with Crippen molar-refractivity contribution in [2.24, 2.45) is 5.73 Å². The second-order valence-electron chi connectivity index (χ2n) is 5.29. The Balaban J connectivity index is 2.86. The molecular formula is C16H35NO. The summed E-state index contributed by atoms with van der Waals surface area (Å²) in [6, 6.07) is 0. The van der Waals surface area contributed by atoms with Crippen LogP contribution in [0.25, 0.3) is 0 Å². The first-order valence-corrected chi connectivity index (χ1v) is 8.19. The normalized spacial score (nSPS) is 11.0. The van der Waals surface area contributed by atoms with E-state index in [1.165, 1.54) is 77.0 Å². The molecule has 2 N–H and O–H groups in total. The number of ether oxygens (including phenoxy) is 1. The molecular weight excluding hydrogens is 222 g/mol. The molecule has 0 aromatic carbocycles. The molecule has 0 saturated heterocycles. The van der Waals surface area contributed by atoms with Crippen LogP contribution in [0.1, 0.15) is 84.0 Å². The summed E-state index contributed by atoms with van der Waals surface area (Å²) in [4.78, 5) is 0. The van der Waals surface area contributed by atoms with Gasteiger partial charge in [0.1, 0.15) is 0 Å². The largest absolute Gasteiger partial charge is 0.380 e. The molecule has 0 radical (unpaired) electrons. The molecule has 2 heteroatoms. The number of nitrogens with two attached hydrogens (primary N) is 1. The summed E-state index contributed by atoms with van der Waals surface area (Å²) in [5.41, 5.74) is 5.35. The Kier molecular flexibility index (Phi) is 16.8. The zero-order chi connectivity index (χ0) is 13.3. The third-order valence-electron chi connectivity index (χ3n) is 3.40. The molecule has 0 rings (SSSR count). The maximum absolute atomic E-state index is 5.35. The van der Waals surface area contributed by atoms with Gasteiger partial charge in [0.05, 0.1) is 6.61 Å². The van der Waals surface area contributed by atoms with Crippen LogP contribution in [-0.2, 0) is 4.74 Å². The minimum atomic E-state index is 0.651. The number of hydrogen-bond donors (Lipinski definition) is 1. The van der Waals surface area contributed by atoms with Gasteiger partial charge in [-0.05, 0) is 6.42 Å². The van der Waals surface area contributed by atoms with Crippen LogP contribution in [0, 0.1) is 0 Å². The van der Waals surface area contributed by atoms with Gasteiger partial charge in [0, 0.05) is 13.2 Å². The first kappa shape index (κ1) is 17.9. The highest BCUT2D eigenvalue weighted by Crippen LogP contribution is 2.11. The predicted molar refractivity (Wildman–Crippen MR) is 81.0 cm³/mol. The molecule has 0 aromatic heterocycles. The summed E-state index contributed by atoms with van der Waals surface area (Å²) in [7, 11) is 0. The lowest BCUT2D eigenvalue weighted by atomic mass is 10.1. The van der Waals surface area contributed by atoms with E-state index < -0.39 is 0 Å². The summed E-state index contributed by atoms with van der Waals surface area (Å²) < 4.78 is 5.35. The molecule has 0 aromatic rings. The number of rotatable bonds is 15. The summed E-state index contributed by atoms with van der Waals surface area (Å²) >= 11 is 0. The zero-order valence-corrected chi connectivity index (χ0v) is 12.6. The van der Waals surface area contributed by atoms with Crippen LogP contribution in [0.4, 0.5) is 0 Å². The van der Waals surface area contributed by atoms with Crippen molar-refractivity contribution in [1.82, 2.24) is 0 Å². The van der Waals surface area contributed by atoms with Crippen molar-refractivity contribution in [2.75, 3.05) is 19.8 Å². The highest BCUT2D eigenvalue weighted by Gasteiger charge is 1.93. The summed E-state index contributed by atoms with van der Waals surface area (Å²) in [6.45, 7) is 4.55. The van der Waals surface area contributed by atoms with Crippen molar-refractivity contribution in [3.05, 3.63) is 0 Å². The van der Waals surface area contributed by atoms with E-state index in [0.29, 0.717) is 6.54 Å². The van der Waals surface area contributed by atoms with Crippen molar-refractivity contribution >= 4 is 0 Å². The Bertz CT molecular complexity index is 123. The molecule has 0 amide bonds. The number of unbranched alkanes of at least 4 members (excludes halogenated alkanes) is 11. The molecule has 110 valence electrons. The van der Waals surface area contributed by atoms with Gasteiger partial charge in [0.2, 0.25) is 0 Å². The Labute approximate surface area is 115 Å². The van der Waals surface area contributed by atoms with Crippen LogP contribution in [-0.4, -0.2) is 19.8 Å². The van der Waals surface area contributed by atoms with Gasteiger partial charge in [-0.1, -0.05) is 77.6 Å². The van der Waals surface area contributed by atoms with Gasteiger partial charge in [0.25, 0.3) is 0 Å². The van der Waals surface area contributed by atoms with Crippen LogP contribution >= 0.6 is 0 Å². The summed E-state index contributed by atoms with van der Waals surface area (Å²) in [5, 5.41) is 0. The fourth-order valence-corrected chi connectivity index (χ4v) is 2.23. The van der Waals surface area contributed by atoms with Gasteiger partial charge < -0.3 is 10.5 Å². The quantitative estimate of drug-likeness (QED) is 0.433. The third-order valence-corrected chi connectivity index (χ3v) is 3.40. The lowest BCUT2D eigenvalue weighted by Gasteiger charge is -2.03. The van der Waals surface area contributed by atoms with Crippen molar-refractivity contribution in [3.63, 3.8) is 0 Å². The van der Waals surface area contributed by atoms with Gasteiger partial charge >= 0.3 is 0 Å². The van der Waals surface area contributed by atoms with E-state index in [-0.39, 0.29) is 0 Å². The lowest BCUT2D eigenvalue weighted by molar-refractivity contribution is 0.137. The van der Waals surface area contributed by atoms with E-state index in [0.717, 1.165) is 13.2 Å². The standard InChI is InChI=1S/C16H35NO/c1-2-3-4-5-6-7-8-9-10-11-12-13-15-18-16-14-17/h2-17H2,1H3. The average molecular weight is 257 g/mol. The molecule has 0 aliphatic rings. The van der Waals surface area contributed by atoms with Crippen LogP contribution in [0.2, 0.25) is 0 Å². The SMILES string of the molecule is CCCCCCCCCCCCCCOCCN. The first-order chi connectivity index (χ1) is 8.91. The fraction of sp³-hybridized carbons (Fsp3) is 1.00. The van der Waals surface area contributed by atoms with Crippen molar-refractivity contribution < 1.29 is 4.74 Å². The Morgan fingerprint density at radius 3 is 1.50 bits per heavy atom. The monoisotopic (exact) mass is 257 g/mol. The first-order valence-electron chi connectivity index (χ1n) is 8.19. The van der Waals surface area contributed by atoms with E-state index >= 15 is 0 Å². The molecule has 0 fully saturated rings. The van der Waals surface area contributed by atoms with E-state index in [9.17, 15) is 0 Å². The second-order valence-corrected chi connectivity index (χ2v) is 5.29. The van der Waals surface area contributed by atoms with Gasteiger partial charge in [-0.2, -0.15) is 0 Å². The molecule has 0 spiro atoms. The average Bonchev–Trinajstić information content (AvgIpc) is 2.39. The molecule has 0 atom stereocenters. The number of hydrogen-bond acceptors (Lipinski definition) is 2. The van der Waals surface area contributed by atoms with Gasteiger partial charge in [-0.3, -0.25) is 0 Å². The molecule has 0 aliphatic carbocycles. The molecule has 0 saturated carbocycles. The Morgan fingerprint density at radius 1 is 0.611 bits per heavy atom. The molecule has 0 bridgehead atoms. The van der Waals surface area contributed by atoms with Crippen molar-refractivity contribution in [1.29, 1.82) is 0 Å². The van der Waals surface area contributed by atoms with E-state index in [1.54, 1.807) is 0 Å². The van der Waals surface area contributed by atoms with Crippen LogP contribution in [0.5, 0.6) is 0 Å². The lowest BCUT2D eigenvalue weighted by Crippen LogP contribution is -2.08. The topological polar surface area (TPSA) is 35.2 Å². The van der Waals surface area contributed by atoms with Crippen molar-refractivity contribution in [3.8, 4) is 0 Å². The highest BCUT2D eigenvalue weighted by molar-refractivity contribution is 4.48. The Morgan fingerprint density at radius 2 is 1.06 bits per heavy atom. The molecule has 2 nitrogen and oxygen atoms in total. The van der Waals surface area contributed by atoms with E-state index in [1.807, 2.05) is 0 Å². The predicted octanol–water partition coefficient (Wildman–Crippen LogP) is 4.66. The molecule has 0 aliphatic heterocycles. The van der Waals surface area contributed by atoms with Crippen molar-refractivity contribution in [2.45, 2.75) is 84.0 Å². The second kappa shape index (κ2) is 16.9. The minimum absolute atomic E-state index is 0.651. The van der Waals surface area contributed by atoms with E-state index in [2.05, 4.69) is 6.92 Å². The Hall–Kier alpha value is -0.0800. The smallest absolute Gasteiger partial charge is 0.0588 e. The maximum Gasteiger partial charge on any atom is 0.0588 e. The van der Waals surface area contributed by atoms with Gasteiger partial charge in [-0.15, -0.1) is 0 Å². The summed E-state index contributed by atoms with van der Waals surface area (Å²) in [6.07, 6.45) is 16.8. The fourth-order valence-electron chi connectivity index (χ4n) is 2.23. The molecule has 0 heterocycles. The third kappa shape index (κ3) is 15.9. The zero-order valence-electron chi connectivity index (χ0n) is 12.6. The van der Waals surface area contributed by atoms with Gasteiger partial charge in [0.15, 0.2) is 0 Å². The minimum Gasteiger partial charge on any atom is -0.380 e. The maximum atomic E-state index is 5.35.